The maximum absolute atomic E-state index is 12.6. The summed E-state index contributed by atoms with van der Waals surface area (Å²) in [5, 5.41) is 11.0. The van der Waals surface area contributed by atoms with Crippen molar-refractivity contribution in [1.29, 1.82) is 0 Å². The van der Waals surface area contributed by atoms with Crippen LogP contribution in [0.15, 0.2) is 29.2 Å². The van der Waals surface area contributed by atoms with Gasteiger partial charge in [-0.3, -0.25) is 5.32 Å². The lowest BCUT2D eigenvalue weighted by molar-refractivity contribution is -0.0579. The van der Waals surface area contributed by atoms with E-state index in [4.69, 9.17) is 0 Å². The summed E-state index contributed by atoms with van der Waals surface area (Å²) in [5.74, 6) is -4.43. The number of nitrogens with zero attached hydrogens (tertiary/aromatic N) is 2. The number of amides is 2. The third kappa shape index (κ3) is 6.40. The van der Waals surface area contributed by atoms with Crippen LogP contribution in [0.2, 0.25) is 0 Å². The zero-order valence-corrected chi connectivity index (χ0v) is 16.7. The number of nitrogens with one attached hydrogen (secondary N) is 2. The fraction of sp³-hybridized carbons (Fsp3) is 0.250. The fourth-order valence-electron chi connectivity index (χ4n) is 2.41. The van der Waals surface area contributed by atoms with Crippen molar-refractivity contribution >= 4 is 28.0 Å². The van der Waals surface area contributed by atoms with Crippen LogP contribution in [-0.4, -0.2) is 48.7 Å². The van der Waals surface area contributed by atoms with E-state index in [1.165, 1.54) is 16.9 Å². The van der Waals surface area contributed by atoms with Crippen molar-refractivity contribution in [3.63, 3.8) is 0 Å². The van der Waals surface area contributed by atoms with Gasteiger partial charge >= 0.3 is 25.2 Å². The Morgan fingerprint density at radius 1 is 1.09 bits per heavy atom. The molecule has 0 unspecified atom stereocenters. The number of ether oxygens (including phenoxy) is 2. The van der Waals surface area contributed by atoms with Crippen LogP contribution >= 0.6 is 0 Å². The lowest BCUT2D eigenvalue weighted by atomic mass is 10.1. The van der Waals surface area contributed by atoms with Gasteiger partial charge in [-0.25, -0.2) is 22.7 Å². The van der Waals surface area contributed by atoms with Gasteiger partial charge in [0.25, 0.3) is 10.0 Å². The van der Waals surface area contributed by atoms with Gasteiger partial charge in [-0.15, -0.1) is 0 Å². The molecule has 1 aromatic heterocycles. The van der Waals surface area contributed by atoms with Gasteiger partial charge < -0.3 is 14.6 Å². The number of rotatable bonds is 9. The Labute approximate surface area is 177 Å². The number of carboxylic acid groups (broad SMARTS) is 1. The van der Waals surface area contributed by atoms with Gasteiger partial charge in [0, 0.05) is 0 Å². The number of carbonyl (C=O) groups is 2. The zero-order valence-electron chi connectivity index (χ0n) is 15.9. The molecule has 0 atom stereocenters. The Bertz CT molecular complexity index is 1090. The maximum Gasteiger partial charge on any atom is 0.388 e. The molecule has 11 nitrogen and oxygen atoms in total. The molecule has 0 aliphatic carbocycles. The summed E-state index contributed by atoms with van der Waals surface area (Å²) in [6.07, 6.45) is 0.101. The average molecular weight is 482 g/mol. The van der Waals surface area contributed by atoms with E-state index in [9.17, 15) is 40.7 Å². The molecule has 0 aliphatic heterocycles. The van der Waals surface area contributed by atoms with Crippen molar-refractivity contribution < 1.29 is 50.1 Å². The van der Waals surface area contributed by atoms with Crippen molar-refractivity contribution in [2.75, 3.05) is 5.32 Å². The monoisotopic (exact) mass is 482 g/mol. The number of sulfonamides is 1. The number of anilines is 1. The van der Waals surface area contributed by atoms with Crippen LogP contribution in [0.4, 0.5) is 28.3 Å². The van der Waals surface area contributed by atoms with Crippen LogP contribution in [0.25, 0.3) is 0 Å². The molecule has 2 aromatic rings. The minimum Gasteiger partial charge on any atom is -0.478 e. The predicted molar refractivity (Wildman–Crippen MR) is 97.4 cm³/mol. The van der Waals surface area contributed by atoms with Crippen LogP contribution in [0, 0.1) is 0 Å². The van der Waals surface area contributed by atoms with Crippen LogP contribution in [0.1, 0.15) is 22.8 Å². The number of aromatic carboxylic acids is 1. The smallest absolute Gasteiger partial charge is 0.388 e. The van der Waals surface area contributed by atoms with Gasteiger partial charge in [0.05, 0.1) is 11.6 Å². The summed E-state index contributed by atoms with van der Waals surface area (Å²) in [5.41, 5.74) is -0.526. The molecule has 0 spiro atoms. The second-order valence-corrected chi connectivity index (χ2v) is 7.26. The van der Waals surface area contributed by atoms with Gasteiger partial charge in [-0.1, -0.05) is 19.1 Å². The quantitative estimate of drug-likeness (QED) is 0.457. The fourth-order valence-corrected chi connectivity index (χ4v) is 3.81. The first-order valence-electron chi connectivity index (χ1n) is 8.40. The molecule has 2 amide bonds. The van der Waals surface area contributed by atoms with Gasteiger partial charge in [-0.2, -0.15) is 27.5 Å². The molecule has 0 fully saturated rings. The number of carbonyl (C=O) groups excluding carboxylic acids is 1. The van der Waals surface area contributed by atoms with Gasteiger partial charge in [0.1, 0.15) is 4.90 Å². The number of urea groups is 1. The number of carboxylic acids is 1. The summed E-state index contributed by atoms with van der Waals surface area (Å²) in [4.78, 5) is 29.5. The van der Waals surface area contributed by atoms with E-state index >= 15 is 0 Å². The number of alkyl halides is 4. The molecular weight excluding hydrogens is 468 g/mol. The summed E-state index contributed by atoms with van der Waals surface area (Å²) in [6, 6.07) is 2.59. The number of halogens is 4. The molecule has 16 heteroatoms. The first-order valence-corrected chi connectivity index (χ1v) is 9.89. The molecule has 32 heavy (non-hydrogen) atoms. The lowest BCUT2D eigenvalue weighted by Crippen LogP contribution is -2.36. The minimum atomic E-state index is -4.76. The molecule has 0 aliphatic rings. The number of aryl methyl sites for hydroxylation is 1. The first-order chi connectivity index (χ1) is 14.9. The molecule has 2 rings (SSSR count). The summed E-state index contributed by atoms with van der Waals surface area (Å²) in [7, 11) is -4.76. The van der Waals surface area contributed by atoms with Crippen LogP contribution in [0.5, 0.6) is 11.8 Å². The predicted octanol–water partition coefficient (Wildman–Crippen LogP) is 2.45. The molecule has 0 bridgehead atoms. The van der Waals surface area contributed by atoms with E-state index in [0.717, 1.165) is 6.07 Å². The van der Waals surface area contributed by atoms with Gasteiger partial charge in [-0.05, 0) is 18.1 Å². The molecule has 0 saturated carbocycles. The molecule has 0 radical (unpaired) electrons. The third-order valence-corrected chi connectivity index (χ3v) is 5.00. The highest BCUT2D eigenvalue weighted by atomic mass is 32.2. The number of hydrogen-bond donors (Lipinski definition) is 3. The highest BCUT2D eigenvalue weighted by molar-refractivity contribution is 7.90. The van der Waals surface area contributed by atoms with Crippen molar-refractivity contribution in [2.45, 2.75) is 31.5 Å². The highest BCUT2D eigenvalue weighted by Crippen LogP contribution is 2.23. The third-order valence-electron chi connectivity index (χ3n) is 3.53. The van der Waals surface area contributed by atoms with E-state index < -0.39 is 63.4 Å². The highest BCUT2D eigenvalue weighted by Gasteiger charge is 2.27. The number of hydrogen-bond acceptors (Lipinski definition) is 8. The molecule has 0 saturated heterocycles. The summed E-state index contributed by atoms with van der Waals surface area (Å²) < 4.78 is 84.2. The normalized spacial score (nSPS) is 11.3. The zero-order chi connectivity index (χ0) is 24.1. The first kappa shape index (κ1) is 24.6. The molecule has 1 aromatic carbocycles. The van der Waals surface area contributed by atoms with Gasteiger partial charge in [0.2, 0.25) is 17.7 Å². The van der Waals surface area contributed by atoms with Crippen LogP contribution in [-0.2, 0) is 16.4 Å². The molecule has 3 N–H and O–H groups in total. The Morgan fingerprint density at radius 2 is 1.66 bits per heavy atom. The van der Waals surface area contributed by atoms with Crippen LogP contribution < -0.4 is 19.5 Å². The summed E-state index contributed by atoms with van der Waals surface area (Å²) >= 11 is 0. The van der Waals surface area contributed by atoms with E-state index in [1.807, 2.05) is 0 Å². The van der Waals surface area contributed by atoms with Crippen molar-refractivity contribution in [1.82, 2.24) is 14.7 Å². The Hall–Kier alpha value is -3.69. The van der Waals surface area contributed by atoms with Crippen molar-refractivity contribution in [3.8, 4) is 11.8 Å². The SMILES string of the molecule is CCc1cccc(C(=O)O)c1S(=O)(=O)NC(=O)Nc1nc(OC(F)F)cc(OC(F)F)n1. The van der Waals surface area contributed by atoms with Gasteiger partial charge in [0.15, 0.2) is 0 Å². The second kappa shape index (κ2) is 10.1. The van der Waals surface area contributed by atoms with E-state index in [2.05, 4.69) is 19.4 Å². The average Bonchev–Trinajstić information content (AvgIpc) is 2.65. The second-order valence-electron chi connectivity index (χ2n) is 5.64. The largest absolute Gasteiger partial charge is 0.478 e. The van der Waals surface area contributed by atoms with E-state index in [1.54, 1.807) is 12.2 Å². The maximum atomic E-state index is 12.6. The minimum absolute atomic E-state index is 0.0846. The van der Waals surface area contributed by atoms with Crippen molar-refractivity contribution in [2.24, 2.45) is 0 Å². The Morgan fingerprint density at radius 3 is 2.12 bits per heavy atom. The number of aromatic nitrogens is 2. The lowest BCUT2D eigenvalue weighted by Gasteiger charge is -2.14. The van der Waals surface area contributed by atoms with Crippen molar-refractivity contribution in [3.05, 3.63) is 35.4 Å². The van der Waals surface area contributed by atoms with Crippen LogP contribution in [0.3, 0.4) is 0 Å². The molecule has 174 valence electrons. The standard InChI is InChI=1S/C16H14F4N4O7S/c1-2-7-4-3-5-8(12(25)26)11(7)32(28,29)24-16(27)23-15-21-9(30-13(17)18)6-10(22-15)31-14(19)20/h3-6,13-14H,2H2,1H3,(H,25,26)(H2,21,22,23,24,27). The molecular formula is C16H14F4N4O7S. The Kier molecular flexibility index (Phi) is 7.74. The summed E-state index contributed by atoms with van der Waals surface area (Å²) in [6.45, 7) is -5.27. The topological polar surface area (TPSA) is 157 Å². The van der Waals surface area contributed by atoms with E-state index in [-0.39, 0.29) is 12.0 Å². The molecule has 1 heterocycles. The Balaban J connectivity index is 2.33. The number of benzene rings is 1. The van der Waals surface area contributed by atoms with E-state index in [0.29, 0.717) is 6.07 Å².